The van der Waals surface area contributed by atoms with Crippen LogP contribution in [-0.4, -0.2) is 26.2 Å². The van der Waals surface area contributed by atoms with Gasteiger partial charge in [-0.25, -0.2) is 9.97 Å². The molecular formula is C26H20N4O3S. The summed E-state index contributed by atoms with van der Waals surface area (Å²) in [6, 6.07) is 18.6. The quantitative estimate of drug-likeness (QED) is 0.373. The van der Waals surface area contributed by atoms with Crippen molar-refractivity contribution in [3.8, 4) is 11.1 Å². The number of rotatable bonds is 5. The Morgan fingerprint density at radius 1 is 1.06 bits per heavy atom. The van der Waals surface area contributed by atoms with E-state index < -0.39 is 0 Å². The highest BCUT2D eigenvalue weighted by molar-refractivity contribution is 7.25. The second kappa shape index (κ2) is 8.64. The summed E-state index contributed by atoms with van der Waals surface area (Å²) in [5.74, 6) is -0.477. The van der Waals surface area contributed by atoms with Crippen LogP contribution in [0.15, 0.2) is 71.8 Å². The minimum Gasteiger partial charge on any atom is -0.325 e. The Bertz CT molecular complexity index is 1640. The highest BCUT2D eigenvalue weighted by atomic mass is 32.1. The SMILES string of the molecule is CC(=O)c1cccc(NC(=O)Cn2cnc3c(sc4nc(C)cc(-c5ccccc5)c43)c2=O)c1. The minimum absolute atomic E-state index is 0.0922. The van der Waals surface area contributed by atoms with E-state index in [1.165, 1.54) is 29.2 Å². The second-order valence-electron chi connectivity index (χ2n) is 8.00. The number of benzene rings is 2. The Morgan fingerprint density at radius 3 is 2.62 bits per heavy atom. The molecule has 0 aliphatic rings. The lowest BCUT2D eigenvalue weighted by atomic mass is 10.0. The van der Waals surface area contributed by atoms with Crippen molar-refractivity contribution in [1.82, 2.24) is 14.5 Å². The zero-order valence-electron chi connectivity index (χ0n) is 18.5. The van der Waals surface area contributed by atoms with E-state index in [2.05, 4.69) is 15.3 Å². The predicted octanol–water partition coefficient (Wildman–Crippen LogP) is 4.82. The van der Waals surface area contributed by atoms with Gasteiger partial charge in [-0.15, -0.1) is 11.3 Å². The molecule has 0 unspecified atom stereocenters. The number of hydrogen-bond donors (Lipinski definition) is 1. The topological polar surface area (TPSA) is 93.9 Å². The van der Waals surface area contributed by atoms with Crippen LogP contribution in [0.2, 0.25) is 0 Å². The Balaban J connectivity index is 1.52. The van der Waals surface area contributed by atoms with Crippen LogP contribution >= 0.6 is 11.3 Å². The number of amides is 1. The Kier molecular flexibility index (Phi) is 5.51. The van der Waals surface area contributed by atoms with E-state index in [0.29, 0.717) is 21.5 Å². The molecule has 0 fully saturated rings. The monoisotopic (exact) mass is 468 g/mol. The maximum absolute atomic E-state index is 13.2. The Labute approximate surface area is 198 Å². The summed E-state index contributed by atoms with van der Waals surface area (Å²) >= 11 is 1.29. The van der Waals surface area contributed by atoms with E-state index in [0.717, 1.165) is 27.0 Å². The summed E-state index contributed by atoms with van der Waals surface area (Å²) in [6.45, 7) is 3.19. The number of aromatic nitrogens is 3. The molecular weight excluding hydrogens is 448 g/mol. The van der Waals surface area contributed by atoms with Crippen molar-refractivity contribution in [3.05, 3.63) is 88.6 Å². The Morgan fingerprint density at radius 2 is 1.85 bits per heavy atom. The van der Waals surface area contributed by atoms with Crippen LogP contribution < -0.4 is 10.9 Å². The van der Waals surface area contributed by atoms with Crippen LogP contribution in [0.5, 0.6) is 0 Å². The van der Waals surface area contributed by atoms with Gasteiger partial charge < -0.3 is 5.32 Å². The van der Waals surface area contributed by atoms with Crippen LogP contribution in [0.25, 0.3) is 31.6 Å². The predicted molar refractivity (Wildman–Crippen MR) is 134 cm³/mol. The van der Waals surface area contributed by atoms with E-state index in [4.69, 9.17) is 0 Å². The fourth-order valence-electron chi connectivity index (χ4n) is 3.91. The van der Waals surface area contributed by atoms with Gasteiger partial charge in [0.1, 0.15) is 16.1 Å². The number of thiophene rings is 1. The van der Waals surface area contributed by atoms with Crippen LogP contribution in [0.1, 0.15) is 23.0 Å². The van der Waals surface area contributed by atoms with Gasteiger partial charge in [-0.1, -0.05) is 42.5 Å². The number of fused-ring (bicyclic) bond motifs is 3. The number of pyridine rings is 1. The molecule has 0 radical (unpaired) electrons. The van der Waals surface area contributed by atoms with E-state index >= 15 is 0 Å². The van der Waals surface area contributed by atoms with Crippen molar-refractivity contribution in [2.24, 2.45) is 0 Å². The largest absolute Gasteiger partial charge is 0.325 e. The molecule has 3 aromatic heterocycles. The highest BCUT2D eigenvalue weighted by Crippen LogP contribution is 2.37. The molecule has 2 aromatic carbocycles. The maximum atomic E-state index is 13.2. The van der Waals surface area contributed by atoms with E-state index in [1.54, 1.807) is 24.3 Å². The zero-order valence-corrected chi connectivity index (χ0v) is 19.3. The van der Waals surface area contributed by atoms with Crippen molar-refractivity contribution < 1.29 is 9.59 Å². The summed E-state index contributed by atoms with van der Waals surface area (Å²) < 4.78 is 1.75. The summed E-state index contributed by atoms with van der Waals surface area (Å²) in [7, 11) is 0. The van der Waals surface area contributed by atoms with Crippen LogP contribution in [0.3, 0.4) is 0 Å². The number of nitrogens with zero attached hydrogens (tertiary/aromatic N) is 3. The van der Waals surface area contributed by atoms with Crippen molar-refractivity contribution in [2.75, 3.05) is 5.32 Å². The fourth-order valence-corrected chi connectivity index (χ4v) is 5.06. The third kappa shape index (κ3) is 3.99. The number of aryl methyl sites for hydroxylation is 1. The van der Waals surface area contributed by atoms with E-state index in [-0.39, 0.29) is 23.8 Å². The molecule has 1 N–H and O–H groups in total. The number of carbonyl (C=O) groups excluding carboxylic acids is 2. The molecule has 8 heteroatoms. The van der Waals surface area contributed by atoms with Gasteiger partial charge in [0.15, 0.2) is 5.78 Å². The fraction of sp³-hybridized carbons (Fsp3) is 0.115. The molecule has 0 spiro atoms. The lowest BCUT2D eigenvalue weighted by molar-refractivity contribution is -0.116. The van der Waals surface area contributed by atoms with Crippen molar-refractivity contribution in [2.45, 2.75) is 20.4 Å². The van der Waals surface area contributed by atoms with Crippen molar-refractivity contribution in [1.29, 1.82) is 0 Å². The summed E-state index contributed by atoms with van der Waals surface area (Å²) in [5.41, 5.74) is 4.14. The molecule has 7 nitrogen and oxygen atoms in total. The average Bonchev–Trinajstić information content (AvgIpc) is 3.20. The molecule has 5 aromatic rings. The third-order valence-corrected chi connectivity index (χ3v) is 6.56. The number of anilines is 1. The first-order valence-electron chi connectivity index (χ1n) is 10.7. The van der Waals surface area contributed by atoms with Crippen LogP contribution in [-0.2, 0) is 11.3 Å². The molecule has 168 valence electrons. The van der Waals surface area contributed by atoms with Gasteiger partial charge in [0.2, 0.25) is 5.91 Å². The first kappa shape index (κ1) is 21.7. The van der Waals surface area contributed by atoms with Gasteiger partial charge in [0.25, 0.3) is 5.56 Å². The van der Waals surface area contributed by atoms with E-state index in [1.807, 2.05) is 43.3 Å². The van der Waals surface area contributed by atoms with Crippen LogP contribution in [0, 0.1) is 6.92 Å². The average molecular weight is 469 g/mol. The van der Waals surface area contributed by atoms with Crippen molar-refractivity contribution in [3.63, 3.8) is 0 Å². The van der Waals surface area contributed by atoms with Crippen LogP contribution in [0.4, 0.5) is 5.69 Å². The van der Waals surface area contributed by atoms with Gasteiger partial charge in [-0.05, 0) is 43.2 Å². The second-order valence-corrected chi connectivity index (χ2v) is 9.00. The third-order valence-electron chi connectivity index (χ3n) is 5.50. The molecule has 0 saturated heterocycles. The lowest BCUT2D eigenvalue weighted by Gasteiger charge is -2.08. The molecule has 34 heavy (non-hydrogen) atoms. The summed E-state index contributed by atoms with van der Waals surface area (Å²) in [6.07, 6.45) is 1.40. The normalized spacial score (nSPS) is 11.1. The number of hydrogen-bond acceptors (Lipinski definition) is 6. The smallest absolute Gasteiger partial charge is 0.271 e. The zero-order chi connectivity index (χ0) is 23.8. The molecule has 0 bridgehead atoms. The number of ketones is 1. The number of Topliss-reactive ketones (excluding diaryl/α,β-unsaturated/α-hetero) is 1. The standard InChI is InChI=1S/C26H20N4O3S/c1-15-11-20(17-7-4-3-5-8-17)22-23-24(34-25(22)28-15)26(33)30(14-27-23)13-21(32)29-19-10-6-9-18(12-19)16(2)31/h3-12,14H,13H2,1-2H3,(H,29,32). The number of nitrogens with one attached hydrogen (secondary N) is 1. The van der Waals surface area contributed by atoms with Crippen molar-refractivity contribution >= 4 is 49.1 Å². The minimum atomic E-state index is -0.385. The Hall–Kier alpha value is -4.17. The summed E-state index contributed by atoms with van der Waals surface area (Å²) in [5, 5.41) is 3.58. The molecule has 0 atom stereocenters. The first-order chi connectivity index (χ1) is 16.4. The highest BCUT2D eigenvalue weighted by Gasteiger charge is 2.18. The molecule has 3 heterocycles. The maximum Gasteiger partial charge on any atom is 0.271 e. The molecule has 0 saturated carbocycles. The van der Waals surface area contributed by atoms with Gasteiger partial charge in [0.05, 0.1) is 11.8 Å². The van der Waals surface area contributed by atoms with E-state index in [9.17, 15) is 14.4 Å². The van der Waals surface area contributed by atoms with Gasteiger partial charge in [-0.2, -0.15) is 0 Å². The molecule has 0 aliphatic carbocycles. The summed E-state index contributed by atoms with van der Waals surface area (Å²) in [4.78, 5) is 47.4. The number of carbonyl (C=O) groups is 2. The van der Waals surface area contributed by atoms with Gasteiger partial charge in [0, 0.05) is 22.3 Å². The van der Waals surface area contributed by atoms with Gasteiger partial charge in [-0.3, -0.25) is 19.0 Å². The first-order valence-corrected chi connectivity index (χ1v) is 11.5. The van der Waals surface area contributed by atoms with Gasteiger partial charge >= 0.3 is 0 Å². The molecule has 5 rings (SSSR count). The lowest BCUT2D eigenvalue weighted by Crippen LogP contribution is -2.27. The molecule has 0 aliphatic heterocycles. The molecule has 1 amide bonds.